The third-order valence-electron chi connectivity index (χ3n) is 3.85. The zero-order chi connectivity index (χ0) is 14.5. The zero-order valence-corrected chi connectivity index (χ0v) is 14.4. The van der Waals surface area contributed by atoms with E-state index in [-0.39, 0.29) is 28.8 Å². The van der Waals surface area contributed by atoms with Crippen LogP contribution in [0, 0.1) is 13.8 Å². The van der Waals surface area contributed by atoms with Crippen LogP contribution in [-0.4, -0.2) is 5.78 Å². The predicted octanol–water partition coefficient (Wildman–Crippen LogP) is 0.358. The number of hydrogen-bond donors (Lipinski definition) is 0. The molecule has 0 radical (unpaired) electrons. The highest BCUT2D eigenvalue weighted by Gasteiger charge is 2.25. The topological polar surface area (TPSA) is 20.9 Å². The Balaban J connectivity index is 0.00000220. The van der Waals surface area contributed by atoms with E-state index in [0.717, 1.165) is 6.42 Å². The van der Waals surface area contributed by atoms with E-state index in [1.54, 1.807) is 0 Å². The van der Waals surface area contributed by atoms with Crippen LogP contribution in [0.15, 0.2) is 48.8 Å². The Labute approximate surface area is 137 Å². The Morgan fingerprint density at radius 2 is 1.62 bits per heavy atom. The molecule has 0 aliphatic rings. The van der Waals surface area contributed by atoms with Gasteiger partial charge in [-0.25, -0.2) is 0 Å². The molecule has 3 heteroatoms. The van der Waals surface area contributed by atoms with Crippen LogP contribution in [0.3, 0.4) is 0 Å². The van der Waals surface area contributed by atoms with Gasteiger partial charge in [-0.15, -0.1) is 0 Å². The molecule has 2 rings (SSSR count). The Bertz CT molecular complexity index is 575. The van der Waals surface area contributed by atoms with Gasteiger partial charge in [-0.05, 0) is 30.5 Å². The summed E-state index contributed by atoms with van der Waals surface area (Å²) < 4.78 is 2.01. The summed E-state index contributed by atoms with van der Waals surface area (Å²) in [6.45, 7) is 6.21. The molecule has 0 fully saturated rings. The van der Waals surface area contributed by atoms with E-state index in [4.69, 9.17) is 0 Å². The summed E-state index contributed by atoms with van der Waals surface area (Å²) in [7, 11) is 0. The van der Waals surface area contributed by atoms with Crippen molar-refractivity contribution in [2.45, 2.75) is 39.7 Å². The van der Waals surface area contributed by atoms with Crippen molar-refractivity contribution in [3.63, 3.8) is 0 Å². The minimum atomic E-state index is -0.0739. The molecule has 0 saturated heterocycles. The van der Waals surface area contributed by atoms with Crippen molar-refractivity contribution in [3.8, 4) is 0 Å². The number of aryl methyl sites for hydroxylation is 2. The fraction of sp³-hybridized carbons (Fsp3) is 0.333. The van der Waals surface area contributed by atoms with Crippen LogP contribution >= 0.6 is 0 Å². The van der Waals surface area contributed by atoms with Gasteiger partial charge in [-0.3, -0.25) is 4.79 Å². The molecule has 0 spiro atoms. The number of carbonyl (C=O) groups excluding carboxylic acids is 1. The van der Waals surface area contributed by atoms with Gasteiger partial charge in [0.2, 0.25) is 11.8 Å². The van der Waals surface area contributed by atoms with E-state index in [9.17, 15) is 4.79 Å². The Kier molecular flexibility index (Phi) is 6.76. The highest BCUT2D eigenvalue weighted by Crippen LogP contribution is 2.17. The maximum absolute atomic E-state index is 12.6. The van der Waals surface area contributed by atoms with Gasteiger partial charge >= 0.3 is 0 Å². The molecule has 0 aliphatic carbocycles. The molecule has 112 valence electrons. The van der Waals surface area contributed by atoms with E-state index < -0.39 is 0 Å². The predicted molar refractivity (Wildman–Crippen MR) is 80.6 cm³/mol. The second kappa shape index (κ2) is 8.08. The molecular formula is C18H22BrNO. The molecule has 2 aromatic rings. The highest BCUT2D eigenvalue weighted by molar-refractivity contribution is 5.83. The fourth-order valence-electron chi connectivity index (χ4n) is 2.64. The number of carbonyl (C=O) groups is 1. The number of Topliss-reactive ketones (excluding diaryl/α,β-unsaturated/α-hetero) is 1. The lowest BCUT2D eigenvalue weighted by atomic mass is 9.95. The van der Waals surface area contributed by atoms with E-state index >= 15 is 0 Å². The van der Waals surface area contributed by atoms with Crippen molar-refractivity contribution in [2.75, 3.05) is 0 Å². The lowest BCUT2D eigenvalue weighted by Crippen LogP contribution is -3.00. The van der Waals surface area contributed by atoms with Crippen LogP contribution in [0.1, 0.15) is 36.1 Å². The average Bonchev–Trinajstić information content (AvgIpc) is 2.45. The summed E-state index contributed by atoms with van der Waals surface area (Å²) in [5.41, 5.74) is 3.57. The quantitative estimate of drug-likeness (QED) is 0.715. The second-order valence-corrected chi connectivity index (χ2v) is 5.26. The van der Waals surface area contributed by atoms with Gasteiger partial charge in [0.05, 0.1) is 0 Å². The van der Waals surface area contributed by atoms with Gasteiger partial charge < -0.3 is 17.0 Å². The number of rotatable bonds is 5. The first-order valence-electron chi connectivity index (χ1n) is 7.17. The second-order valence-electron chi connectivity index (χ2n) is 5.26. The van der Waals surface area contributed by atoms with Gasteiger partial charge in [-0.1, -0.05) is 31.2 Å². The van der Waals surface area contributed by atoms with Crippen molar-refractivity contribution in [3.05, 3.63) is 65.5 Å². The summed E-state index contributed by atoms with van der Waals surface area (Å²) in [5, 5.41) is 0. The first-order valence-corrected chi connectivity index (χ1v) is 7.17. The van der Waals surface area contributed by atoms with Crippen LogP contribution in [0.25, 0.3) is 0 Å². The number of halogens is 1. The van der Waals surface area contributed by atoms with E-state index in [2.05, 4.69) is 32.9 Å². The average molecular weight is 348 g/mol. The minimum Gasteiger partial charge on any atom is -1.00 e. The van der Waals surface area contributed by atoms with Crippen LogP contribution in [0.4, 0.5) is 0 Å². The number of benzene rings is 1. The number of aromatic nitrogens is 1. The lowest BCUT2D eigenvalue weighted by molar-refractivity contribution is -0.709. The molecular weight excluding hydrogens is 326 g/mol. The first-order chi connectivity index (χ1) is 9.63. The maximum Gasteiger partial charge on any atom is 0.216 e. The lowest BCUT2D eigenvalue weighted by Gasteiger charge is -2.12. The van der Waals surface area contributed by atoms with Crippen molar-refractivity contribution in [2.24, 2.45) is 0 Å². The van der Waals surface area contributed by atoms with Gasteiger partial charge in [-0.2, -0.15) is 4.57 Å². The molecule has 1 unspecified atom stereocenters. The highest BCUT2D eigenvalue weighted by atomic mass is 79.9. The Morgan fingerprint density at radius 1 is 1.05 bits per heavy atom. The van der Waals surface area contributed by atoms with E-state index in [1.165, 1.54) is 16.7 Å². The van der Waals surface area contributed by atoms with Crippen LogP contribution in [-0.2, 0) is 11.2 Å². The summed E-state index contributed by atoms with van der Waals surface area (Å²) in [5.74, 6) is 0.279. The number of nitrogens with zero attached hydrogens (tertiary/aromatic N) is 1. The third kappa shape index (κ3) is 4.24. The molecule has 0 amide bonds. The van der Waals surface area contributed by atoms with Gasteiger partial charge in [0.25, 0.3) is 0 Å². The van der Waals surface area contributed by atoms with Gasteiger partial charge in [0.1, 0.15) is 0 Å². The number of ketones is 1. The summed E-state index contributed by atoms with van der Waals surface area (Å²) in [6.07, 6.45) is 5.27. The van der Waals surface area contributed by atoms with Crippen molar-refractivity contribution in [1.82, 2.24) is 0 Å². The largest absolute Gasteiger partial charge is 1.00 e. The molecule has 21 heavy (non-hydrogen) atoms. The standard InChI is InChI=1S/C18H22NO.BrH/c1-4-17(19-11-6-5-7-12-19)18(20)13-16-14(2)9-8-10-15(16)3;/h5-12,17H,4,13H2,1-3H3;1H/q+1;/p-1. The smallest absolute Gasteiger partial charge is 0.216 e. The van der Waals surface area contributed by atoms with Crippen molar-refractivity contribution >= 4 is 5.78 Å². The SMILES string of the molecule is CCC(C(=O)Cc1c(C)cccc1C)[n+]1ccccc1.[Br-]. The zero-order valence-electron chi connectivity index (χ0n) is 12.8. The van der Waals surface area contributed by atoms with Crippen LogP contribution < -0.4 is 21.5 Å². The van der Waals surface area contributed by atoms with Crippen LogP contribution in [0.2, 0.25) is 0 Å². The summed E-state index contributed by atoms with van der Waals surface area (Å²) >= 11 is 0. The van der Waals surface area contributed by atoms with Crippen molar-refractivity contribution < 1.29 is 26.3 Å². The molecule has 0 aliphatic heterocycles. The third-order valence-corrected chi connectivity index (χ3v) is 3.85. The molecule has 0 N–H and O–H groups in total. The van der Waals surface area contributed by atoms with Gasteiger partial charge in [0.15, 0.2) is 12.4 Å². The molecule has 0 bridgehead atoms. The minimum absolute atomic E-state index is 0. The molecule has 1 aromatic heterocycles. The maximum atomic E-state index is 12.6. The molecule has 2 nitrogen and oxygen atoms in total. The van der Waals surface area contributed by atoms with E-state index in [1.807, 2.05) is 41.2 Å². The summed E-state index contributed by atoms with van der Waals surface area (Å²) in [4.78, 5) is 12.6. The van der Waals surface area contributed by atoms with E-state index in [0.29, 0.717) is 6.42 Å². The fourth-order valence-corrected chi connectivity index (χ4v) is 2.64. The molecule has 1 heterocycles. The Hall–Kier alpha value is -1.48. The monoisotopic (exact) mass is 347 g/mol. The Morgan fingerprint density at radius 3 is 2.14 bits per heavy atom. The first kappa shape index (κ1) is 17.6. The number of hydrogen-bond acceptors (Lipinski definition) is 1. The molecule has 1 aromatic carbocycles. The van der Waals surface area contributed by atoms with Gasteiger partial charge in [0, 0.05) is 25.0 Å². The van der Waals surface area contributed by atoms with Crippen LogP contribution in [0.5, 0.6) is 0 Å². The summed E-state index contributed by atoms with van der Waals surface area (Å²) in [6, 6.07) is 12.0. The molecule has 0 saturated carbocycles. The molecule has 1 atom stereocenters. The number of pyridine rings is 1. The normalized spacial score (nSPS) is 11.6. The van der Waals surface area contributed by atoms with Crippen molar-refractivity contribution in [1.29, 1.82) is 0 Å².